The van der Waals surface area contributed by atoms with Gasteiger partial charge in [0, 0.05) is 22.6 Å². The van der Waals surface area contributed by atoms with E-state index < -0.39 is 0 Å². The van der Waals surface area contributed by atoms with Crippen molar-refractivity contribution in [3.63, 3.8) is 0 Å². The summed E-state index contributed by atoms with van der Waals surface area (Å²) < 4.78 is 2.39. The van der Waals surface area contributed by atoms with Gasteiger partial charge in [0.1, 0.15) is 0 Å². The van der Waals surface area contributed by atoms with Crippen LogP contribution in [0.5, 0.6) is 0 Å². The molecule has 1 aliphatic heterocycles. The molecule has 0 aliphatic carbocycles. The van der Waals surface area contributed by atoms with E-state index in [4.69, 9.17) is 0 Å². The van der Waals surface area contributed by atoms with Crippen LogP contribution in [0.4, 0.5) is 5.69 Å². The summed E-state index contributed by atoms with van der Waals surface area (Å²) in [6, 6.07) is 40.6. The average Bonchev–Trinajstić information content (AvgIpc) is 3.71. The van der Waals surface area contributed by atoms with Crippen LogP contribution in [0.15, 0.2) is 116 Å². The summed E-state index contributed by atoms with van der Waals surface area (Å²) >= 11 is 0. The molecule has 1 aliphatic rings. The number of benzene rings is 4. The van der Waals surface area contributed by atoms with E-state index in [2.05, 4.69) is 119 Å². The third-order valence-corrected chi connectivity index (χ3v) is 7.29. The molecule has 0 radical (unpaired) electrons. The van der Waals surface area contributed by atoms with Crippen LogP contribution in [0.1, 0.15) is 13.8 Å². The zero-order chi connectivity index (χ0) is 26.3. The predicted octanol–water partition coefficient (Wildman–Crippen LogP) is 8.30. The van der Waals surface area contributed by atoms with Gasteiger partial charge >= 0.3 is 20.1 Å². The molecule has 0 atom stereocenters. The van der Waals surface area contributed by atoms with Gasteiger partial charge in [-0.15, -0.1) is 59.5 Å². The molecule has 0 N–H and O–H groups in total. The van der Waals surface area contributed by atoms with Gasteiger partial charge in [-0.2, -0.15) is 6.67 Å². The number of fused-ring (bicyclic) bond motifs is 6. The van der Waals surface area contributed by atoms with Gasteiger partial charge in [0.25, 0.3) is 0 Å². The quantitative estimate of drug-likeness (QED) is 0.174. The first-order valence-electron chi connectivity index (χ1n) is 13.3. The fourth-order valence-electron chi connectivity index (χ4n) is 5.38. The van der Waals surface area contributed by atoms with Gasteiger partial charge in [-0.3, -0.25) is 0 Å². The van der Waals surface area contributed by atoms with Gasteiger partial charge in [0.15, 0.2) is 0 Å². The van der Waals surface area contributed by atoms with Crippen molar-refractivity contribution in [2.45, 2.75) is 19.9 Å². The van der Waals surface area contributed by atoms with Gasteiger partial charge < -0.3 is 19.2 Å². The molecule has 40 heavy (non-hydrogen) atoms. The van der Waals surface area contributed by atoms with E-state index >= 15 is 0 Å². The Labute approximate surface area is 247 Å². The first kappa shape index (κ1) is 26.1. The third kappa shape index (κ3) is 4.42. The van der Waals surface area contributed by atoms with Crippen LogP contribution in [0.3, 0.4) is 0 Å². The van der Waals surface area contributed by atoms with E-state index in [9.17, 15) is 0 Å². The Bertz CT molecular complexity index is 1890. The molecule has 0 saturated heterocycles. The maximum Gasteiger partial charge on any atom is 3.00 e. The van der Waals surface area contributed by atoms with Crippen molar-refractivity contribution in [2.24, 2.45) is 0 Å². The van der Waals surface area contributed by atoms with E-state index in [1.807, 2.05) is 42.5 Å². The SMILES string of the molecule is CC(C)N1C=CN(c2[c-]c3c4cccc5c6ccccc6n(c3cc2)c45)[CH-]1.[Ir+3].[c-]1ccccc1-c1ccccn1. The largest absolute Gasteiger partial charge is 3.00 e. The van der Waals surface area contributed by atoms with Gasteiger partial charge in [0.05, 0.1) is 0 Å². The van der Waals surface area contributed by atoms with Crippen molar-refractivity contribution in [1.82, 2.24) is 14.3 Å². The summed E-state index contributed by atoms with van der Waals surface area (Å²) in [7, 11) is 0. The standard InChI is InChI=1S/C24H19N3.C11H8N.Ir/c1-16(2)25-12-13-26(15-25)17-10-11-23-21(14-17)20-8-5-7-19-18-6-3-4-9-22(18)27(23)24(19)20;1-2-6-10(7-3-1)11-8-4-5-9-12-11;/h3-13,15-16H,1-2H3;1-6,8-9H;/q-2;-1;+3. The molecular weight excluding hydrogens is 669 g/mol. The summed E-state index contributed by atoms with van der Waals surface area (Å²) in [5.74, 6) is 0. The zero-order valence-corrected chi connectivity index (χ0v) is 24.6. The van der Waals surface area contributed by atoms with E-state index in [0.29, 0.717) is 6.04 Å². The van der Waals surface area contributed by atoms with Crippen LogP contribution in [0.25, 0.3) is 49.4 Å². The molecule has 0 bridgehead atoms. The summed E-state index contributed by atoms with van der Waals surface area (Å²) in [5, 5.41) is 5.08. The number of anilines is 1. The molecule has 5 heteroatoms. The van der Waals surface area contributed by atoms with Crippen LogP contribution in [0.2, 0.25) is 0 Å². The molecule has 0 unspecified atom stereocenters. The normalized spacial score (nSPS) is 13.0. The Morgan fingerprint density at radius 1 is 0.750 bits per heavy atom. The number of para-hydroxylation sites is 2. The number of aromatic nitrogens is 2. The molecule has 196 valence electrons. The van der Waals surface area contributed by atoms with Gasteiger partial charge in [-0.25, -0.2) is 0 Å². The van der Waals surface area contributed by atoms with Crippen molar-refractivity contribution >= 4 is 43.8 Å². The second-order valence-corrected chi connectivity index (χ2v) is 10.0. The average molecular weight is 696 g/mol. The van der Waals surface area contributed by atoms with Crippen LogP contribution in [-0.2, 0) is 20.1 Å². The van der Waals surface area contributed by atoms with Crippen molar-refractivity contribution < 1.29 is 20.1 Å². The molecule has 0 amide bonds. The van der Waals surface area contributed by atoms with Crippen LogP contribution < -0.4 is 4.90 Å². The fourth-order valence-corrected chi connectivity index (χ4v) is 5.38. The van der Waals surface area contributed by atoms with Gasteiger partial charge in [-0.1, -0.05) is 59.6 Å². The molecule has 0 spiro atoms. The Morgan fingerprint density at radius 3 is 2.33 bits per heavy atom. The van der Waals surface area contributed by atoms with Crippen molar-refractivity contribution in [2.75, 3.05) is 4.90 Å². The first-order valence-corrected chi connectivity index (χ1v) is 13.3. The van der Waals surface area contributed by atoms with Crippen LogP contribution >= 0.6 is 0 Å². The van der Waals surface area contributed by atoms with E-state index in [0.717, 1.165) is 16.9 Å². The fraction of sp³-hybridized carbons (Fsp3) is 0.0857. The maximum atomic E-state index is 4.22. The Balaban J connectivity index is 0.000000188. The summed E-state index contributed by atoms with van der Waals surface area (Å²) in [6.45, 7) is 6.51. The summed E-state index contributed by atoms with van der Waals surface area (Å²) in [5.41, 5.74) is 6.86. The van der Waals surface area contributed by atoms with Gasteiger partial charge in [0.2, 0.25) is 0 Å². The van der Waals surface area contributed by atoms with Crippen LogP contribution in [-0.4, -0.2) is 20.3 Å². The van der Waals surface area contributed by atoms with Crippen LogP contribution in [0, 0.1) is 18.8 Å². The number of hydrogen-bond donors (Lipinski definition) is 0. The van der Waals surface area contributed by atoms with Crippen molar-refractivity contribution in [1.29, 1.82) is 0 Å². The summed E-state index contributed by atoms with van der Waals surface area (Å²) in [6.07, 6.45) is 6.00. The van der Waals surface area contributed by atoms with E-state index in [-0.39, 0.29) is 20.1 Å². The van der Waals surface area contributed by atoms with E-state index in [1.54, 1.807) is 6.20 Å². The second kappa shape index (κ2) is 10.8. The van der Waals surface area contributed by atoms with Gasteiger partial charge in [-0.05, 0) is 61.0 Å². The molecular formula is C35H27IrN4. The Morgan fingerprint density at radius 2 is 1.55 bits per heavy atom. The molecule has 0 saturated carbocycles. The third-order valence-electron chi connectivity index (χ3n) is 7.29. The minimum atomic E-state index is 0. The van der Waals surface area contributed by atoms with E-state index in [1.165, 1.54) is 38.1 Å². The zero-order valence-electron chi connectivity index (χ0n) is 22.2. The second-order valence-electron chi connectivity index (χ2n) is 10.0. The topological polar surface area (TPSA) is 23.8 Å². The first-order chi connectivity index (χ1) is 19.2. The minimum absolute atomic E-state index is 0. The predicted molar refractivity (Wildman–Crippen MR) is 161 cm³/mol. The molecule has 7 aromatic rings. The molecule has 4 aromatic carbocycles. The number of pyridine rings is 1. The minimum Gasteiger partial charge on any atom is -0.506 e. The molecule has 0 fully saturated rings. The molecule has 8 rings (SSSR count). The molecule has 3 aromatic heterocycles. The Hall–Kier alpha value is -4.18. The molecule has 4 heterocycles. The number of hydrogen-bond acceptors (Lipinski definition) is 3. The summed E-state index contributed by atoms with van der Waals surface area (Å²) in [4.78, 5) is 8.57. The smallest absolute Gasteiger partial charge is 0.506 e. The number of rotatable bonds is 3. The maximum absolute atomic E-state index is 4.22. The number of nitrogens with zero attached hydrogens (tertiary/aromatic N) is 4. The van der Waals surface area contributed by atoms with Crippen molar-refractivity contribution in [3.8, 4) is 11.3 Å². The monoisotopic (exact) mass is 696 g/mol. The Kier molecular flexibility index (Phi) is 7.02. The van der Waals surface area contributed by atoms with Crippen molar-refractivity contribution in [3.05, 3.63) is 134 Å². The molecule has 4 nitrogen and oxygen atoms in total.